The van der Waals surface area contributed by atoms with Crippen molar-refractivity contribution in [3.8, 4) is 0 Å². The second-order valence-corrected chi connectivity index (χ2v) is 5.74. The third-order valence-corrected chi connectivity index (χ3v) is 4.32. The molecule has 0 amide bonds. The molecule has 0 heterocycles. The highest BCUT2D eigenvalue weighted by Gasteiger charge is 2.25. The molecule has 0 bridgehead atoms. The fourth-order valence-corrected chi connectivity index (χ4v) is 2.74. The van der Waals surface area contributed by atoms with Crippen LogP contribution >= 0.6 is 0 Å². The Morgan fingerprint density at radius 1 is 1.14 bits per heavy atom. The van der Waals surface area contributed by atoms with Gasteiger partial charge in [-0.15, -0.1) is 0 Å². The summed E-state index contributed by atoms with van der Waals surface area (Å²) in [5, 5.41) is 13.3. The van der Waals surface area contributed by atoms with Crippen LogP contribution in [-0.2, 0) is 0 Å². The standard InChI is InChI=1S/C18H32N2O/c1-4-14-19-18(5-2,16-21)13-10-15-20(6-3)17-11-8-7-9-12-17/h7-9,11-12,19,21H,4-6,10,13-16H2,1-3H3. The predicted octanol–water partition coefficient (Wildman–Crippen LogP) is 3.43. The van der Waals surface area contributed by atoms with Gasteiger partial charge >= 0.3 is 0 Å². The van der Waals surface area contributed by atoms with Gasteiger partial charge in [-0.25, -0.2) is 0 Å². The zero-order valence-electron chi connectivity index (χ0n) is 13.9. The molecule has 0 saturated heterocycles. The van der Waals surface area contributed by atoms with Gasteiger partial charge in [0, 0.05) is 24.3 Å². The lowest BCUT2D eigenvalue weighted by Crippen LogP contribution is -2.48. The maximum Gasteiger partial charge on any atom is 0.0613 e. The van der Waals surface area contributed by atoms with Crippen LogP contribution in [0.3, 0.4) is 0 Å². The molecule has 0 radical (unpaired) electrons. The normalized spacial score (nSPS) is 13.9. The van der Waals surface area contributed by atoms with E-state index in [4.69, 9.17) is 0 Å². The third-order valence-electron chi connectivity index (χ3n) is 4.32. The summed E-state index contributed by atoms with van der Waals surface area (Å²) in [5.74, 6) is 0. The molecule has 0 aliphatic rings. The van der Waals surface area contributed by atoms with Crippen LogP contribution in [0.15, 0.2) is 30.3 Å². The lowest BCUT2D eigenvalue weighted by atomic mass is 9.91. The number of anilines is 1. The van der Waals surface area contributed by atoms with Crippen LogP contribution in [0.5, 0.6) is 0 Å². The second kappa shape index (κ2) is 9.80. The molecule has 1 atom stereocenters. The summed E-state index contributed by atoms with van der Waals surface area (Å²) >= 11 is 0. The minimum Gasteiger partial charge on any atom is -0.394 e. The third kappa shape index (κ3) is 5.68. The number of aliphatic hydroxyl groups excluding tert-OH is 1. The molecule has 1 aromatic carbocycles. The Kier molecular flexibility index (Phi) is 8.40. The van der Waals surface area contributed by atoms with Crippen molar-refractivity contribution >= 4 is 5.69 Å². The first-order chi connectivity index (χ1) is 10.2. The van der Waals surface area contributed by atoms with E-state index in [-0.39, 0.29) is 12.1 Å². The van der Waals surface area contributed by atoms with Crippen molar-refractivity contribution in [1.82, 2.24) is 5.32 Å². The predicted molar refractivity (Wildman–Crippen MR) is 92.0 cm³/mol. The molecular weight excluding hydrogens is 260 g/mol. The molecule has 120 valence electrons. The molecule has 0 aliphatic heterocycles. The molecule has 21 heavy (non-hydrogen) atoms. The molecule has 0 saturated carbocycles. The van der Waals surface area contributed by atoms with Gasteiger partial charge in [-0.1, -0.05) is 32.0 Å². The Morgan fingerprint density at radius 2 is 1.86 bits per heavy atom. The van der Waals surface area contributed by atoms with E-state index in [1.807, 2.05) is 0 Å². The van der Waals surface area contributed by atoms with Gasteiger partial charge in [0.1, 0.15) is 0 Å². The molecule has 2 N–H and O–H groups in total. The van der Waals surface area contributed by atoms with Gasteiger partial charge in [-0.3, -0.25) is 0 Å². The second-order valence-electron chi connectivity index (χ2n) is 5.74. The quantitative estimate of drug-likeness (QED) is 0.656. The zero-order chi connectivity index (χ0) is 15.6. The number of para-hydroxylation sites is 1. The van der Waals surface area contributed by atoms with E-state index in [9.17, 15) is 5.11 Å². The van der Waals surface area contributed by atoms with E-state index >= 15 is 0 Å². The summed E-state index contributed by atoms with van der Waals surface area (Å²) in [7, 11) is 0. The highest BCUT2D eigenvalue weighted by Crippen LogP contribution is 2.19. The molecule has 1 unspecified atom stereocenters. The summed E-state index contributed by atoms with van der Waals surface area (Å²) in [4.78, 5) is 2.40. The molecule has 0 fully saturated rings. The first-order valence-electron chi connectivity index (χ1n) is 8.37. The van der Waals surface area contributed by atoms with Gasteiger partial charge in [-0.2, -0.15) is 0 Å². The number of nitrogens with zero attached hydrogens (tertiary/aromatic N) is 1. The van der Waals surface area contributed by atoms with Crippen LogP contribution in [0.4, 0.5) is 5.69 Å². The number of hydrogen-bond donors (Lipinski definition) is 2. The summed E-state index contributed by atoms with van der Waals surface area (Å²) in [5.41, 5.74) is 1.18. The van der Waals surface area contributed by atoms with Gasteiger partial charge < -0.3 is 15.3 Å². The Morgan fingerprint density at radius 3 is 2.38 bits per heavy atom. The summed E-state index contributed by atoms with van der Waals surface area (Å²) < 4.78 is 0. The maximum absolute atomic E-state index is 9.77. The Bertz CT molecular complexity index is 363. The van der Waals surface area contributed by atoms with Crippen LogP contribution in [0.25, 0.3) is 0 Å². The first-order valence-corrected chi connectivity index (χ1v) is 8.37. The molecule has 0 spiro atoms. The number of benzene rings is 1. The minimum atomic E-state index is -0.105. The van der Waals surface area contributed by atoms with Crippen molar-refractivity contribution < 1.29 is 5.11 Å². The van der Waals surface area contributed by atoms with Crippen LogP contribution in [0.2, 0.25) is 0 Å². The highest BCUT2D eigenvalue weighted by molar-refractivity contribution is 5.45. The van der Waals surface area contributed by atoms with Gasteiger partial charge in [0.15, 0.2) is 0 Å². The lowest BCUT2D eigenvalue weighted by Gasteiger charge is -2.33. The van der Waals surface area contributed by atoms with Crippen LogP contribution in [-0.4, -0.2) is 36.9 Å². The maximum atomic E-state index is 9.77. The Labute approximate surface area is 130 Å². The highest BCUT2D eigenvalue weighted by atomic mass is 16.3. The summed E-state index contributed by atoms with van der Waals surface area (Å²) in [6, 6.07) is 10.6. The smallest absolute Gasteiger partial charge is 0.0613 e. The molecule has 0 aliphatic carbocycles. The lowest BCUT2D eigenvalue weighted by molar-refractivity contribution is 0.145. The van der Waals surface area contributed by atoms with E-state index in [0.717, 1.165) is 45.3 Å². The van der Waals surface area contributed by atoms with Gasteiger partial charge in [0.25, 0.3) is 0 Å². The number of nitrogens with one attached hydrogen (secondary N) is 1. The molecule has 1 aromatic rings. The average molecular weight is 292 g/mol. The molecule has 1 rings (SSSR count). The zero-order valence-corrected chi connectivity index (χ0v) is 13.9. The Hall–Kier alpha value is -1.06. The van der Waals surface area contributed by atoms with E-state index < -0.39 is 0 Å². The molecule has 0 aromatic heterocycles. The minimum absolute atomic E-state index is 0.105. The SMILES string of the molecule is CCCNC(CC)(CO)CCCN(CC)c1ccccc1. The molecule has 3 nitrogen and oxygen atoms in total. The fourth-order valence-electron chi connectivity index (χ4n) is 2.74. The van der Waals surface area contributed by atoms with Gasteiger partial charge in [0.05, 0.1) is 6.61 Å². The number of aliphatic hydroxyl groups is 1. The number of hydrogen-bond acceptors (Lipinski definition) is 3. The largest absolute Gasteiger partial charge is 0.394 e. The molecule has 3 heteroatoms. The van der Waals surface area contributed by atoms with Crippen molar-refractivity contribution in [2.24, 2.45) is 0 Å². The van der Waals surface area contributed by atoms with Crippen molar-refractivity contribution in [3.63, 3.8) is 0 Å². The van der Waals surface area contributed by atoms with E-state index in [2.05, 4.69) is 61.3 Å². The first kappa shape index (κ1) is 18.0. The van der Waals surface area contributed by atoms with Crippen LogP contribution < -0.4 is 10.2 Å². The van der Waals surface area contributed by atoms with Gasteiger partial charge in [0.2, 0.25) is 0 Å². The van der Waals surface area contributed by atoms with E-state index in [1.165, 1.54) is 5.69 Å². The van der Waals surface area contributed by atoms with Crippen molar-refractivity contribution in [1.29, 1.82) is 0 Å². The van der Waals surface area contributed by atoms with Crippen LogP contribution in [0, 0.1) is 0 Å². The summed E-state index contributed by atoms with van der Waals surface area (Å²) in [6.45, 7) is 9.78. The van der Waals surface area contributed by atoms with E-state index in [0.29, 0.717) is 0 Å². The summed E-state index contributed by atoms with van der Waals surface area (Å²) in [6.07, 6.45) is 4.19. The topological polar surface area (TPSA) is 35.5 Å². The number of rotatable bonds is 11. The van der Waals surface area contributed by atoms with Crippen molar-refractivity contribution in [2.75, 3.05) is 31.1 Å². The van der Waals surface area contributed by atoms with Crippen molar-refractivity contribution in [2.45, 2.75) is 52.0 Å². The van der Waals surface area contributed by atoms with Crippen molar-refractivity contribution in [3.05, 3.63) is 30.3 Å². The fraction of sp³-hybridized carbons (Fsp3) is 0.667. The van der Waals surface area contributed by atoms with Crippen LogP contribution in [0.1, 0.15) is 46.5 Å². The Balaban J connectivity index is 2.52. The molecular formula is C18H32N2O. The van der Waals surface area contributed by atoms with Gasteiger partial charge in [-0.05, 0) is 51.3 Å². The average Bonchev–Trinajstić information content (AvgIpc) is 2.56. The van der Waals surface area contributed by atoms with E-state index in [1.54, 1.807) is 0 Å². The monoisotopic (exact) mass is 292 g/mol.